The van der Waals surface area contributed by atoms with E-state index in [4.69, 9.17) is 4.74 Å². The zero-order valence-corrected chi connectivity index (χ0v) is 8.49. The molecule has 14 heavy (non-hydrogen) atoms. The summed E-state index contributed by atoms with van der Waals surface area (Å²) >= 11 is 0. The Hall–Kier alpha value is -1.12. The highest BCUT2D eigenvalue weighted by Crippen LogP contribution is 2.30. The molecule has 1 aliphatic carbocycles. The van der Waals surface area contributed by atoms with Crippen LogP contribution in [0.4, 0.5) is 0 Å². The standard InChI is InChI=1S/C11H16O3/c1-3-5-8-6-7-9(10(8)12)11(13)14-4-2/h3,8-9H,1,4-7H2,2H3. The van der Waals surface area contributed by atoms with Gasteiger partial charge in [-0.25, -0.2) is 0 Å². The van der Waals surface area contributed by atoms with Gasteiger partial charge < -0.3 is 4.74 Å². The van der Waals surface area contributed by atoms with Crippen LogP contribution >= 0.6 is 0 Å². The molecule has 78 valence electrons. The summed E-state index contributed by atoms with van der Waals surface area (Å²) in [5.74, 6) is -0.853. The number of carbonyl (C=O) groups excluding carboxylic acids is 2. The monoisotopic (exact) mass is 196 g/mol. The summed E-state index contributed by atoms with van der Waals surface area (Å²) in [5, 5.41) is 0. The molecule has 0 saturated heterocycles. The number of ketones is 1. The van der Waals surface area contributed by atoms with Gasteiger partial charge >= 0.3 is 5.97 Å². The van der Waals surface area contributed by atoms with Crippen LogP contribution in [0.5, 0.6) is 0 Å². The fourth-order valence-corrected chi connectivity index (χ4v) is 1.85. The third-order valence-corrected chi connectivity index (χ3v) is 2.57. The molecule has 0 N–H and O–H groups in total. The van der Waals surface area contributed by atoms with Gasteiger partial charge in [-0.3, -0.25) is 9.59 Å². The van der Waals surface area contributed by atoms with Crippen molar-refractivity contribution in [1.29, 1.82) is 0 Å². The van der Waals surface area contributed by atoms with Crippen LogP contribution in [-0.4, -0.2) is 18.4 Å². The van der Waals surface area contributed by atoms with Crippen LogP contribution in [-0.2, 0) is 14.3 Å². The minimum Gasteiger partial charge on any atom is -0.465 e. The van der Waals surface area contributed by atoms with E-state index in [9.17, 15) is 9.59 Å². The molecule has 1 saturated carbocycles. The van der Waals surface area contributed by atoms with Crippen LogP contribution in [0.1, 0.15) is 26.2 Å². The maximum Gasteiger partial charge on any atom is 0.316 e. The Labute approximate surface area is 84.1 Å². The molecule has 0 radical (unpaired) electrons. The number of allylic oxidation sites excluding steroid dienone is 1. The summed E-state index contributed by atoms with van der Waals surface area (Å²) in [5.41, 5.74) is 0. The van der Waals surface area contributed by atoms with Gasteiger partial charge in [0.2, 0.25) is 0 Å². The molecule has 0 aliphatic heterocycles. The second kappa shape index (κ2) is 4.94. The average molecular weight is 196 g/mol. The third kappa shape index (κ3) is 2.22. The molecule has 0 heterocycles. The van der Waals surface area contributed by atoms with E-state index in [0.717, 1.165) is 6.42 Å². The molecular formula is C11H16O3. The number of rotatable bonds is 4. The number of carbonyl (C=O) groups is 2. The van der Waals surface area contributed by atoms with Crippen molar-refractivity contribution in [3.8, 4) is 0 Å². The molecule has 3 heteroatoms. The van der Waals surface area contributed by atoms with Gasteiger partial charge in [-0.15, -0.1) is 6.58 Å². The Morgan fingerprint density at radius 1 is 1.64 bits per heavy atom. The smallest absolute Gasteiger partial charge is 0.316 e. The van der Waals surface area contributed by atoms with Crippen molar-refractivity contribution >= 4 is 11.8 Å². The lowest BCUT2D eigenvalue weighted by Crippen LogP contribution is -2.24. The number of hydrogen-bond donors (Lipinski definition) is 0. The van der Waals surface area contributed by atoms with E-state index in [1.54, 1.807) is 13.0 Å². The normalized spacial score (nSPS) is 26.2. The summed E-state index contributed by atoms with van der Waals surface area (Å²) in [4.78, 5) is 23.0. The second-order valence-electron chi connectivity index (χ2n) is 3.51. The summed E-state index contributed by atoms with van der Waals surface area (Å²) in [7, 11) is 0. The molecule has 2 atom stereocenters. The first-order chi connectivity index (χ1) is 6.70. The van der Waals surface area contributed by atoms with Gasteiger partial charge in [-0.1, -0.05) is 6.08 Å². The first-order valence-electron chi connectivity index (χ1n) is 5.02. The van der Waals surface area contributed by atoms with Crippen LogP contribution in [0.15, 0.2) is 12.7 Å². The zero-order valence-electron chi connectivity index (χ0n) is 8.49. The topological polar surface area (TPSA) is 43.4 Å². The average Bonchev–Trinajstić information content (AvgIpc) is 2.49. The molecule has 0 aromatic carbocycles. The van der Waals surface area contributed by atoms with Gasteiger partial charge in [0.1, 0.15) is 11.7 Å². The van der Waals surface area contributed by atoms with Crippen molar-refractivity contribution in [2.24, 2.45) is 11.8 Å². The molecule has 0 amide bonds. The predicted octanol–water partition coefficient (Wildman–Crippen LogP) is 1.72. The quantitative estimate of drug-likeness (QED) is 0.390. The van der Waals surface area contributed by atoms with Crippen molar-refractivity contribution < 1.29 is 14.3 Å². The van der Waals surface area contributed by atoms with Gasteiger partial charge in [-0.2, -0.15) is 0 Å². The van der Waals surface area contributed by atoms with E-state index in [2.05, 4.69) is 6.58 Å². The van der Waals surface area contributed by atoms with E-state index >= 15 is 0 Å². The molecule has 1 rings (SSSR count). The Balaban J connectivity index is 2.54. The third-order valence-electron chi connectivity index (χ3n) is 2.57. The highest BCUT2D eigenvalue weighted by molar-refractivity contribution is 6.01. The molecular weight excluding hydrogens is 180 g/mol. The van der Waals surface area contributed by atoms with Crippen molar-refractivity contribution in [3.05, 3.63) is 12.7 Å². The molecule has 3 nitrogen and oxygen atoms in total. The molecule has 0 spiro atoms. The van der Waals surface area contributed by atoms with Crippen molar-refractivity contribution in [2.45, 2.75) is 26.2 Å². The Kier molecular flexibility index (Phi) is 3.86. The summed E-state index contributed by atoms with van der Waals surface area (Å²) in [6, 6.07) is 0. The maximum absolute atomic E-state index is 11.7. The Morgan fingerprint density at radius 2 is 2.36 bits per heavy atom. The number of hydrogen-bond acceptors (Lipinski definition) is 3. The van der Waals surface area contributed by atoms with Gasteiger partial charge in [0.25, 0.3) is 0 Å². The second-order valence-corrected chi connectivity index (χ2v) is 3.51. The number of ether oxygens (including phenoxy) is 1. The van der Waals surface area contributed by atoms with Crippen LogP contribution in [0.25, 0.3) is 0 Å². The minimum atomic E-state index is -0.514. The summed E-state index contributed by atoms with van der Waals surface area (Å²) < 4.78 is 4.84. The largest absolute Gasteiger partial charge is 0.465 e. The van der Waals surface area contributed by atoms with Gasteiger partial charge in [0.15, 0.2) is 0 Å². The minimum absolute atomic E-state index is 0.0121. The van der Waals surface area contributed by atoms with Gasteiger partial charge in [-0.05, 0) is 26.2 Å². The van der Waals surface area contributed by atoms with E-state index in [-0.39, 0.29) is 17.7 Å². The lowest BCUT2D eigenvalue weighted by atomic mass is 10.0. The lowest BCUT2D eigenvalue weighted by molar-refractivity contribution is -0.150. The molecule has 0 aromatic heterocycles. The first kappa shape index (κ1) is 11.0. The lowest BCUT2D eigenvalue weighted by Gasteiger charge is -2.08. The SMILES string of the molecule is C=CCC1CCC(C(=O)OCC)C1=O. The Morgan fingerprint density at radius 3 is 2.93 bits per heavy atom. The molecule has 1 aliphatic rings. The number of esters is 1. The van der Waals surface area contributed by atoms with Gasteiger partial charge in [0, 0.05) is 5.92 Å². The summed E-state index contributed by atoms with van der Waals surface area (Å²) in [6.45, 7) is 5.69. The predicted molar refractivity (Wildman–Crippen MR) is 52.7 cm³/mol. The molecule has 2 unspecified atom stereocenters. The van der Waals surface area contributed by atoms with E-state index in [0.29, 0.717) is 19.4 Å². The van der Waals surface area contributed by atoms with Crippen molar-refractivity contribution in [2.75, 3.05) is 6.61 Å². The van der Waals surface area contributed by atoms with Crippen LogP contribution in [0.3, 0.4) is 0 Å². The fourth-order valence-electron chi connectivity index (χ4n) is 1.85. The van der Waals surface area contributed by atoms with Crippen LogP contribution in [0, 0.1) is 11.8 Å². The summed E-state index contributed by atoms with van der Waals surface area (Å²) in [6.07, 6.45) is 3.83. The van der Waals surface area contributed by atoms with Gasteiger partial charge in [0.05, 0.1) is 6.61 Å². The molecule has 1 fully saturated rings. The van der Waals surface area contributed by atoms with E-state index < -0.39 is 5.92 Å². The maximum atomic E-state index is 11.7. The highest BCUT2D eigenvalue weighted by Gasteiger charge is 2.38. The van der Waals surface area contributed by atoms with E-state index in [1.165, 1.54) is 0 Å². The molecule has 0 aromatic rings. The van der Waals surface area contributed by atoms with Crippen LogP contribution < -0.4 is 0 Å². The van der Waals surface area contributed by atoms with Crippen LogP contribution in [0.2, 0.25) is 0 Å². The van der Waals surface area contributed by atoms with Crippen molar-refractivity contribution in [3.63, 3.8) is 0 Å². The van der Waals surface area contributed by atoms with Crippen molar-refractivity contribution in [1.82, 2.24) is 0 Å². The fraction of sp³-hybridized carbons (Fsp3) is 0.636. The number of Topliss-reactive ketones (excluding diaryl/α,β-unsaturated/α-hetero) is 1. The zero-order chi connectivity index (χ0) is 10.6. The Bertz CT molecular complexity index is 245. The highest BCUT2D eigenvalue weighted by atomic mass is 16.5. The van der Waals surface area contributed by atoms with E-state index in [1.807, 2.05) is 0 Å². The molecule has 0 bridgehead atoms. The first-order valence-corrected chi connectivity index (χ1v) is 5.02.